The van der Waals surface area contributed by atoms with Crippen molar-refractivity contribution in [3.63, 3.8) is 0 Å². The molecule has 0 bridgehead atoms. The third kappa shape index (κ3) is 3.63. The van der Waals surface area contributed by atoms with E-state index in [-0.39, 0.29) is 17.9 Å². The Hall–Kier alpha value is -1.93. The number of carbonyl (C=O) groups excluding carboxylic acids is 2. The minimum atomic E-state index is -0.0961. The van der Waals surface area contributed by atoms with Crippen molar-refractivity contribution < 1.29 is 9.59 Å². The number of thiazole rings is 1. The van der Waals surface area contributed by atoms with Crippen molar-refractivity contribution in [2.24, 2.45) is 5.92 Å². The number of thiophene rings is 1. The van der Waals surface area contributed by atoms with E-state index in [1.807, 2.05) is 22.9 Å². The van der Waals surface area contributed by atoms with E-state index in [4.69, 9.17) is 0 Å². The van der Waals surface area contributed by atoms with Gasteiger partial charge in [-0.05, 0) is 30.4 Å². The van der Waals surface area contributed by atoms with Gasteiger partial charge in [0.2, 0.25) is 5.91 Å². The molecule has 1 aliphatic heterocycles. The zero-order valence-electron chi connectivity index (χ0n) is 11.8. The molecule has 0 radical (unpaired) electrons. The van der Waals surface area contributed by atoms with Crippen molar-refractivity contribution >= 4 is 44.7 Å². The number of carbonyl (C=O) groups is 2. The highest BCUT2D eigenvalue weighted by Gasteiger charge is 2.27. The van der Waals surface area contributed by atoms with Gasteiger partial charge in [0, 0.05) is 30.6 Å². The first-order valence-corrected chi connectivity index (χ1v) is 8.78. The molecule has 8 heteroatoms. The van der Waals surface area contributed by atoms with Crippen molar-refractivity contribution in [3.8, 4) is 0 Å². The third-order valence-corrected chi connectivity index (χ3v) is 5.04. The van der Waals surface area contributed by atoms with Gasteiger partial charge in [0.15, 0.2) is 5.13 Å². The smallest absolute Gasteiger partial charge is 0.322 e. The number of anilines is 2. The predicted molar refractivity (Wildman–Crippen MR) is 88.4 cm³/mol. The Kier molecular flexibility index (Phi) is 4.69. The fourth-order valence-corrected chi connectivity index (χ4v) is 3.51. The van der Waals surface area contributed by atoms with E-state index in [1.165, 1.54) is 22.7 Å². The highest BCUT2D eigenvalue weighted by atomic mass is 32.1. The van der Waals surface area contributed by atoms with Gasteiger partial charge >= 0.3 is 6.03 Å². The number of nitrogens with one attached hydrogen (secondary N) is 2. The van der Waals surface area contributed by atoms with Crippen LogP contribution in [-0.2, 0) is 4.79 Å². The molecule has 3 rings (SSSR count). The zero-order valence-corrected chi connectivity index (χ0v) is 13.5. The number of nitrogens with zero attached hydrogens (tertiary/aromatic N) is 2. The Balaban J connectivity index is 1.47. The van der Waals surface area contributed by atoms with Gasteiger partial charge in [0.05, 0.1) is 5.00 Å². The summed E-state index contributed by atoms with van der Waals surface area (Å²) < 4.78 is 0. The average molecular weight is 336 g/mol. The number of hydrogen-bond acceptors (Lipinski definition) is 5. The molecule has 1 saturated heterocycles. The molecule has 0 spiro atoms. The molecular formula is C14H16N4O2S2. The lowest BCUT2D eigenvalue weighted by Crippen LogP contribution is -2.43. The van der Waals surface area contributed by atoms with Gasteiger partial charge < -0.3 is 10.2 Å². The van der Waals surface area contributed by atoms with Crippen molar-refractivity contribution in [2.45, 2.75) is 12.8 Å². The van der Waals surface area contributed by atoms with Crippen LogP contribution in [0.4, 0.5) is 14.9 Å². The van der Waals surface area contributed by atoms with Crippen LogP contribution in [0, 0.1) is 5.92 Å². The van der Waals surface area contributed by atoms with E-state index in [0.29, 0.717) is 31.1 Å². The third-order valence-electron chi connectivity index (χ3n) is 3.57. The SMILES string of the molecule is O=C(Nc1nccs1)C1CCN(C(=O)Nc2cccs2)CC1. The van der Waals surface area contributed by atoms with Crippen LogP contribution < -0.4 is 10.6 Å². The largest absolute Gasteiger partial charge is 0.324 e. The van der Waals surface area contributed by atoms with Crippen molar-refractivity contribution in [1.82, 2.24) is 9.88 Å². The van der Waals surface area contributed by atoms with Gasteiger partial charge in [-0.15, -0.1) is 22.7 Å². The molecular weight excluding hydrogens is 320 g/mol. The second kappa shape index (κ2) is 6.89. The fraction of sp³-hybridized carbons (Fsp3) is 0.357. The van der Waals surface area contributed by atoms with Gasteiger partial charge in [0.25, 0.3) is 0 Å². The Morgan fingerprint density at radius 2 is 2.00 bits per heavy atom. The molecule has 0 atom stereocenters. The summed E-state index contributed by atoms with van der Waals surface area (Å²) in [5, 5.41) is 10.9. The van der Waals surface area contributed by atoms with Crippen molar-refractivity contribution in [1.29, 1.82) is 0 Å². The first-order valence-electron chi connectivity index (χ1n) is 7.02. The number of likely N-dealkylation sites (tertiary alicyclic amines) is 1. The van der Waals surface area contributed by atoms with E-state index in [0.717, 1.165) is 5.00 Å². The molecule has 22 heavy (non-hydrogen) atoms. The van der Waals surface area contributed by atoms with E-state index in [1.54, 1.807) is 11.1 Å². The number of urea groups is 1. The lowest BCUT2D eigenvalue weighted by Gasteiger charge is -2.31. The molecule has 0 saturated carbocycles. The van der Waals surface area contributed by atoms with Gasteiger partial charge in [-0.25, -0.2) is 9.78 Å². The molecule has 2 N–H and O–H groups in total. The molecule has 1 fully saturated rings. The molecule has 3 amide bonds. The second-order valence-corrected chi connectivity index (χ2v) is 6.84. The Morgan fingerprint density at radius 1 is 1.18 bits per heavy atom. The maximum Gasteiger partial charge on any atom is 0.322 e. The first-order chi connectivity index (χ1) is 10.7. The lowest BCUT2D eigenvalue weighted by molar-refractivity contribution is -0.121. The lowest BCUT2D eigenvalue weighted by atomic mass is 9.96. The first kappa shape index (κ1) is 15.0. The zero-order chi connectivity index (χ0) is 15.4. The van der Waals surface area contributed by atoms with Crippen LogP contribution in [0.2, 0.25) is 0 Å². The quantitative estimate of drug-likeness (QED) is 0.904. The van der Waals surface area contributed by atoms with Crippen LogP contribution in [0.25, 0.3) is 0 Å². The van der Waals surface area contributed by atoms with E-state index >= 15 is 0 Å². The molecule has 6 nitrogen and oxygen atoms in total. The summed E-state index contributed by atoms with van der Waals surface area (Å²) in [6, 6.07) is 3.67. The monoisotopic (exact) mass is 336 g/mol. The van der Waals surface area contributed by atoms with Gasteiger partial charge in [0.1, 0.15) is 0 Å². The predicted octanol–water partition coefficient (Wildman–Crippen LogP) is 3.09. The molecule has 2 aromatic rings. The Morgan fingerprint density at radius 3 is 2.64 bits per heavy atom. The van der Waals surface area contributed by atoms with E-state index < -0.39 is 0 Å². The van der Waals surface area contributed by atoms with Gasteiger partial charge in [-0.1, -0.05) is 0 Å². The number of amides is 3. The average Bonchev–Trinajstić information content (AvgIpc) is 3.21. The normalized spacial score (nSPS) is 15.5. The number of aromatic nitrogens is 1. The summed E-state index contributed by atoms with van der Waals surface area (Å²) in [5.41, 5.74) is 0. The summed E-state index contributed by atoms with van der Waals surface area (Å²) in [4.78, 5) is 30.1. The summed E-state index contributed by atoms with van der Waals surface area (Å²) >= 11 is 2.90. The Labute approximate surface area is 136 Å². The number of rotatable bonds is 3. The van der Waals surface area contributed by atoms with Crippen LogP contribution in [0.1, 0.15) is 12.8 Å². The topological polar surface area (TPSA) is 74.3 Å². The molecule has 0 aromatic carbocycles. The van der Waals surface area contributed by atoms with Crippen LogP contribution in [0.5, 0.6) is 0 Å². The molecule has 3 heterocycles. The van der Waals surface area contributed by atoms with Crippen LogP contribution >= 0.6 is 22.7 Å². The summed E-state index contributed by atoms with van der Waals surface area (Å²) in [5.74, 6) is -0.0667. The number of hydrogen-bond donors (Lipinski definition) is 2. The van der Waals surface area contributed by atoms with Gasteiger partial charge in [-0.2, -0.15) is 0 Å². The molecule has 1 aliphatic rings. The molecule has 116 valence electrons. The summed E-state index contributed by atoms with van der Waals surface area (Å²) in [7, 11) is 0. The highest BCUT2D eigenvalue weighted by molar-refractivity contribution is 7.14. The minimum absolute atomic E-state index is 0.00624. The van der Waals surface area contributed by atoms with Crippen LogP contribution in [0.3, 0.4) is 0 Å². The van der Waals surface area contributed by atoms with Crippen LogP contribution in [0.15, 0.2) is 29.1 Å². The standard InChI is InChI=1S/C14H16N4O2S2/c19-12(17-13-15-5-9-22-13)10-3-6-18(7-4-10)14(20)16-11-2-1-8-21-11/h1-2,5,8-10H,3-4,6-7H2,(H,16,20)(H,15,17,19). The van der Waals surface area contributed by atoms with E-state index in [2.05, 4.69) is 15.6 Å². The van der Waals surface area contributed by atoms with E-state index in [9.17, 15) is 9.59 Å². The fourth-order valence-electron chi connectivity index (χ4n) is 2.37. The van der Waals surface area contributed by atoms with Crippen molar-refractivity contribution in [3.05, 3.63) is 29.1 Å². The molecule has 0 unspecified atom stereocenters. The molecule has 0 aliphatic carbocycles. The second-order valence-electron chi connectivity index (χ2n) is 5.00. The number of piperidine rings is 1. The van der Waals surface area contributed by atoms with Crippen molar-refractivity contribution in [2.75, 3.05) is 23.7 Å². The maximum atomic E-state index is 12.1. The minimum Gasteiger partial charge on any atom is -0.324 e. The highest BCUT2D eigenvalue weighted by Crippen LogP contribution is 2.22. The summed E-state index contributed by atoms with van der Waals surface area (Å²) in [6.07, 6.45) is 3.02. The maximum absolute atomic E-state index is 12.1. The summed E-state index contributed by atoms with van der Waals surface area (Å²) in [6.45, 7) is 1.18. The van der Waals surface area contributed by atoms with Crippen LogP contribution in [-0.4, -0.2) is 34.9 Å². The Bertz CT molecular complexity index is 563. The molecule has 2 aromatic heterocycles. The van der Waals surface area contributed by atoms with Gasteiger partial charge in [-0.3, -0.25) is 10.1 Å².